The van der Waals surface area contributed by atoms with Gasteiger partial charge in [0.25, 0.3) is 11.6 Å². The zero-order valence-corrected chi connectivity index (χ0v) is 13.4. The number of carbonyl (C=O) groups is 2. The lowest BCUT2D eigenvalue weighted by molar-refractivity contribution is -0.384. The topological polar surface area (TPSA) is 83.8 Å². The van der Waals surface area contributed by atoms with Crippen LogP contribution in [0, 0.1) is 16.0 Å². The zero-order chi connectivity index (χ0) is 17.0. The van der Waals surface area contributed by atoms with Crippen LogP contribution in [0.15, 0.2) is 24.3 Å². The third-order valence-corrected chi connectivity index (χ3v) is 3.83. The molecule has 7 heteroatoms. The molecule has 0 saturated carbocycles. The summed E-state index contributed by atoms with van der Waals surface area (Å²) < 4.78 is 0. The maximum Gasteiger partial charge on any atom is 0.269 e. The molecule has 2 rings (SSSR count). The summed E-state index contributed by atoms with van der Waals surface area (Å²) in [6, 6.07) is 5.60. The van der Waals surface area contributed by atoms with E-state index in [0.29, 0.717) is 44.1 Å². The summed E-state index contributed by atoms with van der Waals surface area (Å²) in [4.78, 5) is 38.0. The maximum absolute atomic E-state index is 12.4. The summed E-state index contributed by atoms with van der Waals surface area (Å²) >= 11 is 0. The first-order valence-corrected chi connectivity index (χ1v) is 7.70. The van der Waals surface area contributed by atoms with Gasteiger partial charge in [-0.1, -0.05) is 13.8 Å². The van der Waals surface area contributed by atoms with Crippen molar-refractivity contribution in [2.75, 3.05) is 26.2 Å². The summed E-state index contributed by atoms with van der Waals surface area (Å²) in [7, 11) is 0. The number of benzene rings is 1. The van der Waals surface area contributed by atoms with Gasteiger partial charge in [-0.15, -0.1) is 0 Å². The Hall–Kier alpha value is -2.44. The molecule has 0 unspecified atom stereocenters. The molecule has 0 N–H and O–H groups in total. The first-order chi connectivity index (χ1) is 10.9. The van der Waals surface area contributed by atoms with Crippen LogP contribution in [0.5, 0.6) is 0 Å². The molecule has 0 atom stereocenters. The number of nitrogens with zero attached hydrogens (tertiary/aromatic N) is 3. The third-order valence-electron chi connectivity index (χ3n) is 3.83. The Balaban J connectivity index is 1.93. The van der Waals surface area contributed by atoms with E-state index in [2.05, 4.69) is 0 Å². The van der Waals surface area contributed by atoms with Crippen LogP contribution in [-0.4, -0.2) is 52.7 Å². The molecule has 1 aliphatic rings. The number of hydrogen-bond acceptors (Lipinski definition) is 4. The number of non-ortho nitro benzene ring substituents is 1. The Morgan fingerprint density at radius 3 is 2.09 bits per heavy atom. The van der Waals surface area contributed by atoms with Gasteiger partial charge in [-0.05, 0) is 18.1 Å². The van der Waals surface area contributed by atoms with E-state index in [1.807, 2.05) is 13.8 Å². The fourth-order valence-electron chi connectivity index (χ4n) is 2.55. The summed E-state index contributed by atoms with van der Waals surface area (Å²) in [6.07, 6.45) is 0.524. The molecule has 1 fully saturated rings. The third kappa shape index (κ3) is 4.28. The molecule has 0 spiro atoms. The second kappa shape index (κ2) is 7.21. The van der Waals surface area contributed by atoms with Gasteiger partial charge in [-0.3, -0.25) is 19.7 Å². The van der Waals surface area contributed by atoms with Crippen molar-refractivity contribution < 1.29 is 14.5 Å². The molecule has 0 radical (unpaired) electrons. The second-order valence-corrected chi connectivity index (χ2v) is 6.07. The van der Waals surface area contributed by atoms with Crippen molar-refractivity contribution in [3.8, 4) is 0 Å². The molecule has 0 aromatic heterocycles. The Morgan fingerprint density at radius 2 is 1.61 bits per heavy atom. The number of carbonyl (C=O) groups excluding carboxylic acids is 2. The van der Waals surface area contributed by atoms with Gasteiger partial charge >= 0.3 is 0 Å². The largest absolute Gasteiger partial charge is 0.339 e. The van der Waals surface area contributed by atoms with Crippen LogP contribution in [0.1, 0.15) is 30.6 Å². The first-order valence-electron chi connectivity index (χ1n) is 7.70. The highest BCUT2D eigenvalue weighted by Crippen LogP contribution is 2.15. The van der Waals surface area contributed by atoms with Gasteiger partial charge in [0.15, 0.2) is 0 Å². The van der Waals surface area contributed by atoms with Crippen LogP contribution in [0.3, 0.4) is 0 Å². The minimum atomic E-state index is -0.493. The van der Waals surface area contributed by atoms with Crippen molar-refractivity contribution in [3.05, 3.63) is 39.9 Å². The van der Waals surface area contributed by atoms with E-state index < -0.39 is 4.92 Å². The maximum atomic E-state index is 12.4. The molecular weight excluding hydrogens is 298 g/mol. The Morgan fingerprint density at radius 1 is 1.09 bits per heavy atom. The highest BCUT2D eigenvalue weighted by molar-refractivity contribution is 5.94. The van der Waals surface area contributed by atoms with E-state index in [4.69, 9.17) is 0 Å². The van der Waals surface area contributed by atoms with Gasteiger partial charge < -0.3 is 9.80 Å². The van der Waals surface area contributed by atoms with Gasteiger partial charge in [0.1, 0.15) is 0 Å². The van der Waals surface area contributed by atoms with Crippen molar-refractivity contribution in [1.82, 2.24) is 9.80 Å². The molecule has 7 nitrogen and oxygen atoms in total. The van der Waals surface area contributed by atoms with E-state index in [1.54, 1.807) is 9.80 Å². The van der Waals surface area contributed by atoms with Crippen LogP contribution in [0.25, 0.3) is 0 Å². The quantitative estimate of drug-likeness (QED) is 0.627. The summed E-state index contributed by atoms with van der Waals surface area (Å²) in [5, 5.41) is 10.6. The molecule has 124 valence electrons. The minimum absolute atomic E-state index is 0.0364. The van der Waals surface area contributed by atoms with Crippen LogP contribution in [0.4, 0.5) is 5.69 Å². The first kappa shape index (κ1) is 16.9. The fourth-order valence-corrected chi connectivity index (χ4v) is 2.55. The SMILES string of the molecule is CC(C)CC(=O)N1CCN(C(=O)c2ccc([N+](=O)[O-])cc2)CC1. The number of nitro groups is 1. The number of nitro benzene ring substituents is 1. The second-order valence-electron chi connectivity index (χ2n) is 6.07. The number of piperazine rings is 1. The Bertz CT molecular complexity index is 590. The molecule has 1 aliphatic heterocycles. The molecule has 1 aromatic rings. The normalized spacial score (nSPS) is 14.9. The molecule has 1 aromatic carbocycles. The lowest BCUT2D eigenvalue weighted by Crippen LogP contribution is -2.50. The lowest BCUT2D eigenvalue weighted by atomic mass is 10.1. The van der Waals surface area contributed by atoms with Crippen molar-refractivity contribution in [1.29, 1.82) is 0 Å². The van der Waals surface area contributed by atoms with Gasteiger partial charge in [0.2, 0.25) is 5.91 Å². The molecule has 0 bridgehead atoms. The lowest BCUT2D eigenvalue weighted by Gasteiger charge is -2.35. The Kier molecular flexibility index (Phi) is 5.31. The van der Waals surface area contributed by atoms with Gasteiger partial charge in [0, 0.05) is 50.3 Å². The standard InChI is InChI=1S/C16H21N3O4/c1-12(2)11-15(20)17-7-9-18(10-8-17)16(21)13-3-5-14(6-4-13)19(22)23/h3-6,12H,7-11H2,1-2H3. The summed E-state index contributed by atoms with van der Waals surface area (Å²) in [6.45, 7) is 6.05. The summed E-state index contributed by atoms with van der Waals surface area (Å²) in [5.74, 6) is 0.292. The smallest absolute Gasteiger partial charge is 0.269 e. The molecule has 0 aliphatic carbocycles. The van der Waals surface area contributed by atoms with Crippen LogP contribution in [0.2, 0.25) is 0 Å². The van der Waals surface area contributed by atoms with Crippen molar-refractivity contribution in [2.45, 2.75) is 20.3 Å². The molecule has 23 heavy (non-hydrogen) atoms. The molecular formula is C16H21N3O4. The van der Waals surface area contributed by atoms with Crippen LogP contribution >= 0.6 is 0 Å². The highest BCUT2D eigenvalue weighted by Gasteiger charge is 2.25. The number of amides is 2. The van der Waals surface area contributed by atoms with E-state index in [1.165, 1.54) is 24.3 Å². The van der Waals surface area contributed by atoms with Crippen LogP contribution < -0.4 is 0 Å². The highest BCUT2D eigenvalue weighted by atomic mass is 16.6. The van der Waals surface area contributed by atoms with Gasteiger partial charge in [-0.25, -0.2) is 0 Å². The van der Waals surface area contributed by atoms with Crippen molar-refractivity contribution in [2.24, 2.45) is 5.92 Å². The predicted octanol–water partition coefficient (Wildman–Crippen LogP) is 1.93. The summed E-state index contributed by atoms with van der Waals surface area (Å²) in [5.41, 5.74) is 0.392. The van der Waals surface area contributed by atoms with E-state index in [0.717, 1.165) is 0 Å². The number of hydrogen-bond donors (Lipinski definition) is 0. The average molecular weight is 319 g/mol. The van der Waals surface area contributed by atoms with Gasteiger partial charge in [0.05, 0.1) is 4.92 Å². The number of rotatable bonds is 4. The average Bonchev–Trinajstić information content (AvgIpc) is 2.53. The molecule has 2 amide bonds. The van der Waals surface area contributed by atoms with Gasteiger partial charge in [-0.2, -0.15) is 0 Å². The monoisotopic (exact) mass is 319 g/mol. The van der Waals surface area contributed by atoms with Crippen LogP contribution in [-0.2, 0) is 4.79 Å². The Labute approximate surface area is 135 Å². The fraction of sp³-hybridized carbons (Fsp3) is 0.500. The van der Waals surface area contributed by atoms with Crippen molar-refractivity contribution in [3.63, 3.8) is 0 Å². The van der Waals surface area contributed by atoms with E-state index in [9.17, 15) is 19.7 Å². The molecule has 1 saturated heterocycles. The zero-order valence-electron chi connectivity index (χ0n) is 13.4. The van der Waals surface area contributed by atoms with Crippen molar-refractivity contribution >= 4 is 17.5 Å². The predicted molar refractivity (Wildman–Crippen MR) is 85.0 cm³/mol. The van der Waals surface area contributed by atoms with E-state index >= 15 is 0 Å². The molecule has 1 heterocycles. The van der Waals surface area contributed by atoms with E-state index in [-0.39, 0.29) is 17.5 Å². The minimum Gasteiger partial charge on any atom is -0.339 e.